The van der Waals surface area contributed by atoms with Gasteiger partial charge in [0.25, 0.3) is 11.8 Å². The number of benzene rings is 2. The van der Waals surface area contributed by atoms with E-state index < -0.39 is 30.2 Å². The van der Waals surface area contributed by atoms with Crippen LogP contribution in [0.2, 0.25) is 0 Å². The normalized spacial score (nSPS) is 10.8. The summed E-state index contributed by atoms with van der Waals surface area (Å²) in [5.74, 6) is -0.773. The Hall–Kier alpha value is -3.23. The molecule has 0 spiro atoms. The number of ether oxygens (including phenoxy) is 2. The Labute approximate surface area is 153 Å². The van der Waals surface area contributed by atoms with Gasteiger partial charge in [-0.1, -0.05) is 18.2 Å². The molecule has 0 fully saturated rings. The molecule has 27 heavy (non-hydrogen) atoms. The predicted molar refractivity (Wildman–Crippen MR) is 90.2 cm³/mol. The smallest absolute Gasteiger partial charge is 0.416 e. The van der Waals surface area contributed by atoms with Crippen LogP contribution in [-0.4, -0.2) is 25.0 Å². The van der Waals surface area contributed by atoms with Gasteiger partial charge in [0, 0.05) is 5.56 Å². The molecule has 0 aliphatic heterocycles. The van der Waals surface area contributed by atoms with E-state index in [9.17, 15) is 22.8 Å². The molecule has 144 valence electrons. The monoisotopic (exact) mass is 382 g/mol. The molecule has 2 aromatic rings. The predicted octanol–water partition coefficient (Wildman–Crippen LogP) is 2.94. The minimum atomic E-state index is -4.57. The number of amides is 2. The van der Waals surface area contributed by atoms with E-state index in [2.05, 4.69) is 5.43 Å². The van der Waals surface area contributed by atoms with Crippen molar-refractivity contribution in [3.63, 3.8) is 0 Å². The fraction of sp³-hybridized carbons (Fsp3) is 0.222. The average Bonchev–Trinajstić information content (AvgIpc) is 2.65. The molecule has 2 aromatic carbocycles. The molecule has 0 aliphatic rings. The van der Waals surface area contributed by atoms with Gasteiger partial charge in [0.15, 0.2) is 18.1 Å². The number of nitrogens with one attached hydrogen (secondary N) is 2. The van der Waals surface area contributed by atoms with Gasteiger partial charge in [-0.05, 0) is 37.3 Å². The van der Waals surface area contributed by atoms with E-state index in [1.54, 1.807) is 31.2 Å². The number of carbonyl (C=O) groups excluding carboxylic acids is 2. The van der Waals surface area contributed by atoms with Crippen molar-refractivity contribution in [1.82, 2.24) is 10.9 Å². The van der Waals surface area contributed by atoms with Crippen LogP contribution >= 0.6 is 0 Å². The van der Waals surface area contributed by atoms with Gasteiger partial charge in [-0.15, -0.1) is 0 Å². The number of hydrazine groups is 1. The maximum atomic E-state index is 12.7. The zero-order valence-corrected chi connectivity index (χ0v) is 14.3. The average molecular weight is 382 g/mol. The van der Waals surface area contributed by atoms with Crippen LogP contribution in [0, 0.1) is 0 Å². The van der Waals surface area contributed by atoms with E-state index in [1.165, 1.54) is 6.07 Å². The largest absolute Gasteiger partial charge is 0.490 e. The van der Waals surface area contributed by atoms with Crippen LogP contribution in [0.5, 0.6) is 11.5 Å². The maximum absolute atomic E-state index is 12.7. The fourth-order valence-corrected chi connectivity index (χ4v) is 2.06. The van der Waals surface area contributed by atoms with Crippen molar-refractivity contribution in [2.75, 3.05) is 13.2 Å². The van der Waals surface area contributed by atoms with Crippen molar-refractivity contribution in [2.45, 2.75) is 13.1 Å². The minimum absolute atomic E-state index is 0.243. The third-order valence-electron chi connectivity index (χ3n) is 3.28. The van der Waals surface area contributed by atoms with Crippen molar-refractivity contribution >= 4 is 11.8 Å². The summed E-state index contributed by atoms with van der Waals surface area (Å²) in [6.07, 6.45) is -4.57. The van der Waals surface area contributed by atoms with Crippen LogP contribution in [0.15, 0.2) is 48.5 Å². The van der Waals surface area contributed by atoms with Crippen LogP contribution in [0.1, 0.15) is 22.8 Å². The molecule has 0 saturated carbocycles. The highest BCUT2D eigenvalue weighted by molar-refractivity contribution is 5.95. The van der Waals surface area contributed by atoms with E-state index in [1.807, 2.05) is 5.43 Å². The Morgan fingerprint density at radius 1 is 0.963 bits per heavy atom. The Kier molecular flexibility index (Phi) is 6.64. The highest BCUT2D eigenvalue weighted by Gasteiger charge is 2.30. The van der Waals surface area contributed by atoms with Crippen molar-refractivity contribution in [2.24, 2.45) is 0 Å². The van der Waals surface area contributed by atoms with Crippen LogP contribution in [0.4, 0.5) is 13.2 Å². The Bertz CT molecular complexity index is 809. The van der Waals surface area contributed by atoms with Gasteiger partial charge in [0.05, 0.1) is 12.2 Å². The summed E-state index contributed by atoms with van der Waals surface area (Å²) in [5, 5.41) is 0. The molecule has 2 amide bonds. The second kappa shape index (κ2) is 8.93. The molecular formula is C18H17F3N2O4. The number of hydrogen-bond donors (Lipinski definition) is 2. The number of rotatable bonds is 6. The van der Waals surface area contributed by atoms with Gasteiger partial charge in [-0.2, -0.15) is 13.2 Å². The zero-order chi connectivity index (χ0) is 19.9. The molecule has 2 rings (SSSR count). The van der Waals surface area contributed by atoms with E-state index in [0.29, 0.717) is 24.2 Å². The summed E-state index contributed by atoms with van der Waals surface area (Å²) in [7, 11) is 0. The highest BCUT2D eigenvalue weighted by Crippen LogP contribution is 2.29. The molecule has 0 radical (unpaired) electrons. The van der Waals surface area contributed by atoms with Crippen molar-refractivity contribution < 1.29 is 32.2 Å². The van der Waals surface area contributed by atoms with Gasteiger partial charge in [0.1, 0.15) is 0 Å². The first kappa shape index (κ1) is 20.1. The molecule has 0 atom stereocenters. The Balaban J connectivity index is 1.88. The topological polar surface area (TPSA) is 76.7 Å². The van der Waals surface area contributed by atoms with Gasteiger partial charge in [0.2, 0.25) is 0 Å². The van der Waals surface area contributed by atoms with E-state index >= 15 is 0 Å². The van der Waals surface area contributed by atoms with E-state index in [-0.39, 0.29) is 5.56 Å². The summed E-state index contributed by atoms with van der Waals surface area (Å²) < 4.78 is 48.7. The molecule has 6 nitrogen and oxygen atoms in total. The Morgan fingerprint density at radius 3 is 2.26 bits per heavy atom. The lowest BCUT2D eigenvalue weighted by atomic mass is 10.1. The summed E-state index contributed by atoms with van der Waals surface area (Å²) in [5.41, 5.74) is 2.91. The number of carbonyl (C=O) groups is 2. The van der Waals surface area contributed by atoms with Gasteiger partial charge in [-0.3, -0.25) is 20.4 Å². The first-order chi connectivity index (χ1) is 12.8. The van der Waals surface area contributed by atoms with Crippen molar-refractivity contribution in [1.29, 1.82) is 0 Å². The molecule has 0 saturated heterocycles. The quantitative estimate of drug-likeness (QED) is 0.754. The molecule has 0 unspecified atom stereocenters. The van der Waals surface area contributed by atoms with Crippen LogP contribution in [-0.2, 0) is 11.0 Å². The number of halogens is 3. The van der Waals surface area contributed by atoms with Crippen LogP contribution < -0.4 is 20.3 Å². The first-order valence-electron chi connectivity index (χ1n) is 7.92. The summed E-state index contributed by atoms with van der Waals surface area (Å²) in [4.78, 5) is 23.7. The number of alkyl halides is 3. The highest BCUT2D eigenvalue weighted by atomic mass is 19.4. The molecule has 0 bridgehead atoms. The molecular weight excluding hydrogens is 365 g/mol. The minimum Gasteiger partial charge on any atom is -0.490 e. The number of para-hydroxylation sites is 2. The molecule has 0 aliphatic carbocycles. The second-order valence-electron chi connectivity index (χ2n) is 5.25. The van der Waals surface area contributed by atoms with Crippen molar-refractivity contribution in [3.05, 3.63) is 59.7 Å². The Morgan fingerprint density at radius 2 is 1.63 bits per heavy atom. The fourth-order valence-electron chi connectivity index (χ4n) is 2.06. The third kappa shape index (κ3) is 5.91. The van der Waals surface area contributed by atoms with Gasteiger partial charge >= 0.3 is 6.18 Å². The second-order valence-corrected chi connectivity index (χ2v) is 5.25. The first-order valence-corrected chi connectivity index (χ1v) is 7.92. The van der Waals surface area contributed by atoms with Crippen LogP contribution in [0.25, 0.3) is 0 Å². The summed E-state index contributed by atoms with van der Waals surface area (Å²) >= 11 is 0. The molecule has 0 aromatic heterocycles. The van der Waals surface area contributed by atoms with E-state index in [0.717, 1.165) is 12.1 Å². The lowest BCUT2D eigenvalue weighted by Crippen LogP contribution is -2.43. The standard InChI is InChI=1S/C18H17F3N2O4/c1-2-26-14-8-3-4-9-15(14)27-11-16(24)22-23-17(25)12-6-5-7-13(10-12)18(19,20)21/h3-10H,2,11H2,1H3,(H,22,24)(H,23,25). The third-order valence-corrected chi connectivity index (χ3v) is 3.28. The number of hydrogen-bond acceptors (Lipinski definition) is 4. The lowest BCUT2D eigenvalue weighted by Gasteiger charge is -2.12. The SMILES string of the molecule is CCOc1ccccc1OCC(=O)NNC(=O)c1cccc(C(F)(F)F)c1. The molecule has 2 N–H and O–H groups in total. The summed E-state index contributed by atoms with van der Waals surface area (Å²) in [6, 6.07) is 10.6. The molecule has 9 heteroatoms. The summed E-state index contributed by atoms with van der Waals surface area (Å²) in [6.45, 7) is 1.79. The van der Waals surface area contributed by atoms with E-state index in [4.69, 9.17) is 9.47 Å². The molecule has 0 heterocycles. The van der Waals surface area contributed by atoms with Crippen LogP contribution in [0.3, 0.4) is 0 Å². The lowest BCUT2D eigenvalue weighted by molar-refractivity contribution is -0.137. The van der Waals surface area contributed by atoms with Gasteiger partial charge < -0.3 is 9.47 Å². The maximum Gasteiger partial charge on any atom is 0.416 e. The van der Waals surface area contributed by atoms with Crippen molar-refractivity contribution in [3.8, 4) is 11.5 Å². The van der Waals surface area contributed by atoms with Gasteiger partial charge in [-0.25, -0.2) is 0 Å². The zero-order valence-electron chi connectivity index (χ0n) is 14.3.